The average molecular weight is 342 g/mol. The van der Waals surface area contributed by atoms with Crippen LogP contribution in [0.4, 0.5) is 0 Å². The summed E-state index contributed by atoms with van der Waals surface area (Å²) in [7, 11) is 0. The number of rotatable bonds is 4. The topological polar surface area (TPSA) is 44.2 Å². The lowest BCUT2D eigenvalue weighted by atomic mass is 10.1. The van der Waals surface area contributed by atoms with Gasteiger partial charge in [0.15, 0.2) is 0 Å². The Balaban J connectivity index is 1.77. The van der Waals surface area contributed by atoms with Crippen molar-refractivity contribution in [2.75, 3.05) is 0 Å². The van der Waals surface area contributed by atoms with Gasteiger partial charge < -0.3 is 9.47 Å². The standard InChI is InChI=1S/C22H18N2O2/c1-15-9-8-14-20(16(15)2)26-22-23-19-13-7-6-12-18(19)21(24-22)25-17-10-4-3-5-11-17/h3-14H,1-2H3. The molecule has 3 aromatic carbocycles. The molecular weight excluding hydrogens is 324 g/mol. The highest BCUT2D eigenvalue weighted by molar-refractivity contribution is 5.84. The Hall–Kier alpha value is -3.40. The Labute approximate surface area is 152 Å². The lowest BCUT2D eigenvalue weighted by molar-refractivity contribution is 0.415. The van der Waals surface area contributed by atoms with E-state index in [0.29, 0.717) is 11.6 Å². The van der Waals surface area contributed by atoms with Crippen LogP contribution in [0.25, 0.3) is 10.9 Å². The second-order valence-corrected chi connectivity index (χ2v) is 6.04. The summed E-state index contributed by atoms with van der Waals surface area (Å²) in [4.78, 5) is 9.04. The smallest absolute Gasteiger partial charge is 0.325 e. The highest BCUT2D eigenvalue weighted by Gasteiger charge is 2.12. The zero-order chi connectivity index (χ0) is 17.9. The predicted molar refractivity (Wildman–Crippen MR) is 102 cm³/mol. The molecule has 0 aliphatic heterocycles. The molecule has 26 heavy (non-hydrogen) atoms. The number of nitrogens with zero attached hydrogens (tertiary/aromatic N) is 2. The molecule has 4 nitrogen and oxygen atoms in total. The summed E-state index contributed by atoms with van der Waals surface area (Å²) in [6.07, 6.45) is 0. The summed E-state index contributed by atoms with van der Waals surface area (Å²) in [5.41, 5.74) is 2.99. The maximum absolute atomic E-state index is 5.99. The number of aromatic nitrogens is 2. The quantitative estimate of drug-likeness (QED) is 0.468. The van der Waals surface area contributed by atoms with Crippen molar-refractivity contribution < 1.29 is 9.47 Å². The monoisotopic (exact) mass is 342 g/mol. The first-order chi connectivity index (χ1) is 12.7. The normalized spacial score (nSPS) is 10.7. The second kappa shape index (κ2) is 6.84. The summed E-state index contributed by atoms with van der Waals surface area (Å²) < 4.78 is 12.0. The Morgan fingerprint density at radius 2 is 1.46 bits per heavy atom. The van der Waals surface area contributed by atoms with Crippen LogP contribution >= 0.6 is 0 Å². The summed E-state index contributed by atoms with van der Waals surface area (Å²) in [5.74, 6) is 1.93. The zero-order valence-corrected chi connectivity index (χ0v) is 14.6. The van der Waals surface area contributed by atoms with E-state index in [9.17, 15) is 0 Å². The molecule has 0 aliphatic rings. The number of benzene rings is 3. The van der Waals surface area contributed by atoms with E-state index in [1.165, 1.54) is 0 Å². The molecule has 128 valence electrons. The summed E-state index contributed by atoms with van der Waals surface area (Å²) in [6, 6.07) is 23.5. The fourth-order valence-corrected chi connectivity index (χ4v) is 2.68. The molecule has 0 saturated carbocycles. The average Bonchev–Trinajstić information content (AvgIpc) is 2.66. The fraction of sp³-hybridized carbons (Fsp3) is 0.0909. The first-order valence-electron chi connectivity index (χ1n) is 8.44. The molecule has 0 atom stereocenters. The van der Waals surface area contributed by atoms with Crippen LogP contribution in [-0.2, 0) is 0 Å². The molecule has 4 aromatic rings. The third-order valence-corrected chi connectivity index (χ3v) is 4.26. The Morgan fingerprint density at radius 1 is 0.692 bits per heavy atom. The van der Waals surface area contributed by atoms with Crippen molar-refractivity contribution in [1.29, 1.82) is 0 Å². The minimum atomic E-state index is 0.267. The van der Waals surface area contributed by atoms with Gasteiger partial charge in [-0.05, 0) is 55.3 Å². The number of fused-ring (bicyclic) bond motifs is 1. The van der Waals surface area contributed by atoms with E-state index in [2.05, 4.69) is 9.97 Å². The first kappa shape index (κ1) is 16.1. The Morgan fingerprint density at radius 3 is 2.31 bits per heavy atom. The van der Waals surface area contributed by atoms with Crippen LogP contribution in [0.1, 0.15) is 11.1 Å². The molecule has 0 fully saturated rings. The van der Waals surface area contributed by atoms with E-state index in [1.807, 2.05) is 86.6 Å². The van der Waals surface area contributed by atoms with Crippen molar-refractivity contribution in [2.45, 2.75) is 13.8 Å². The van der Waals surface area contributed by atoms with Crippen LogP contribution in [0.15, 0.2) is 72.8 Å². The highest BCUT2D eigenvalue weighted by atomic mass is 16.5. The molecule has 0 N–H and O–H groups in total. The van der Waals surface area contributed by atoms with Crippen LogP contribution in [-0.4, -0.2) is 9.97 Å². The van der Waals surface area contributed by atoms with Crippen LogP contribution in [0.2, 0.25) is 0 Å². The third kappa shape index (κ3) is 3.22. The lowest BCUT2D eigenvalue weighted by Gasteiger charge is -2.12. The molecular formula is C22H18N2O2. The maximum Gasteiger partial charge on any atom is 0.325 e. The van der Waals surface area contributed by atoms with Crippen molar-refractivity contribution in [3.05, 3.63) is 83.9 Å². The Kier molecular flexibility index (Phi) is 4.23. The summed E-state index contributed by atoms with van der Waals surface area (Å²) in [5, 5.41) is 0.838. The van der Waals surface area contributed by atoms with E-state index in [4.69, 9.17) is 9.47 Å². The minimum Gasteiger partial charge on any atom is -0.438 e. The van der Waals surface area contributed by atoms with E-state index in [1.54, 1.807) is 0 Å². The van der Waals surface area contributed by atoms with Crippen LogP contribution in [0.3, 0.4) is 0 Å². The van der Waals surface area contributed by atoms with Gasteiger partial charge in [0, 0.05) is 0 Å². The Bertz CT molecular complexity index is 1060. The SMILES string of the molecule is Cc1cccc(Oc2nc(Oc3ccccc3)c3ccccc3n2)c1C. The van der Waals surface area contributed by atoms with Crippen LogP contribution in [0, 0.1) is 13.8 Å². The van der Waals surface area contributed by atoms with Gasteiger partial charge in [0.25, 0.3) is 0 Å². The van der Waals surface area contributed by atoms with E-state index < -0.39 is 0 Å². The van der Waals surface area contributed by atoms with E-state index in [-0.39, 0.29) is 6.01 Å². The van der Waals surface area contributed by atoms with Crippen molar-refractivity contribution in [3.8, 4) is 23.4 Å². The number of hydrogen-bond acceptors (Lipinski definition) is 4. The summed E-state index contributed by atoms with van der Waals surface area (Å²) in [6.45, 7) is 4.07. The van der Waals surface area contributed by atoms with Gasteiger partial charge in [0.2, 0.25) is 5.88 Å². The van der Waals surface area contributed by atoms with Gasteiger partial charge in [-0.1, -0.05) is 42.5 Å². The molecule has 1 aromatic heterocycles. The molecule has 0 aliphatic carbocycles. The molecule has 4 rings (SSSR count). The molecule has 0 saturated heterocycles. The van der Waals surface area contributed by atoms with Crippen molar-refractivity contribution in [3.63, 3.8) is 0 Å². The fourth-order valence-electron chi connectivity index (χ4n) is 2.68. The van der Waals surface area contributed by atoms with Gasteiger partial charge >= 0.3 is 6.01 Å². The predicted octanol–water partition coefficient (Wildman–Crippen LogP) is 5.83. The zero-order valence-electron chi connectivity index (χ0n) is 14.6. The van der Waals surface area contributed by atoms with Crippen LogP contribution in [0.5, 0.6) is 23.4 Å². The minimum absolute atomic E-state index is 0.267. The van der Waals surface area contributed by atoms with Crippen molar-refractivity contribution >= 4 is 10.9 Å². The third-order valence-electron chi connectivity index (χ3n) is 4.26. The number of para-hydroxylation sites is 2. The van der Waals surface area contributed by atoms with Gasteiger partial charge in [-0.2, -0.15) is 9.97 Å². The molecule has 0 radical (unpaired) electrons. The van der Waals surface area contributed by atoms with Gasteiger partial charge in [-0.15, -0.1) is 0 Å². The number of hydrogen-bond donors (Lipinski definition) is 0. The van der Waals surface area contributed by atoms with E-state index in [0.717, 1.165) is 27.8 Å². The largest absolute Gasteiger partial charge is 0.438 e. The summed E-state index contributed by atoms with van der Waals surface area (Å²) >= 11 is 0. The first-order valence-corrected chi connectivity index (χ1v) is 8.44. The molecule has 1 heterocycles. The van der Waals surface area contributed by atoms with E-state index >= 15 is 0 Å². The van der Waals surface area contributed by atoms with Gasteiger partial charge in [-0.25, -0.2) is 0 Å². The van der Waals surface area contributed by atoms with Crippen molar-refractivity contribution in [2.24, 2.45) is 0 Å². The van der Waals surface area contributed by atoms with Gasteiger partial charge in [0.1, 0.15) is 11.5 Å². The van der Waals surface area contributed by atoms with Crippen LogP contribution < -0.4 is 9.47 Å². The maximum atomic E-state index is 5.99. The van der Waals surface area contributed by atoms with Crippen molar-refractivity contribution in [1.82, 2.24) is 9.97 Å². The number of ether oxygens (including phenoxy) is 2. The second-order valence-electron chi connectivity index (χ2n) is 6.04. The molecule has 0 amide bonds. The van der Waals surface area contributed by atoms with Gasteiger partial charge in [0.05, 0.1) is 10.9 Å². The molecule has 0 spiro atoms. The molecule has 0 bridgehead atoms. The highest BCUT2D eigenvalue weighted by Crippen LogP contribution is 2.31. The van der Waals surface area contributed by atoms with Gasteiger partial charge in [-0.3, -0.25) is 0 Å². The molecule has 4 heteroatoms. The lowest BCUT2D eigenvalue weighted by Crippen LogP contribution is -1.98. The molecule has 0 unspecified atom stereocenters. The number of aryl methyl sites for hydroxylation is 1.